The van der Waals surface area contributed by atoms with Crippen molar-refractivity contribution in [3.8, 4) is 0 Å². The minimum absolute atomic E-state index is 0.817. The van der Waals surface area contributed by atoms with Crippen molar-refractivity contribution in [3.63, 3.8) is 0 Å². The smallest absolute Gasteiger partial charge is 0.00952 e. The van der Waals surface area contributed by atoms with Gasteiger partial charge < -0.3 is 10.2 Å². The number of hydrogen-bond donors (Lipinski definition) is 1. The van der Waals surface area contributed by atoms with E-state index < -0.39 is 0 Å². The highest BCUT2D eigenvalue weighted by Crippen LogP contribution is 2.31. The average Bonchev–Trinajstić information content (AvgIpc) is 3.08. The summed E-state index contributed by atoms with van der Waals surface area (Å²) in [6, 6.07) is 1.66. The Morgan fingerprint density at radius 3 is 2.28 bits per heavy atom. The first kappa shape index (κ1) is 12.9. The molecule has 2 heteroatoms. The van der Waals surface area contributed by atoms with E-state index in [1.807, 2.05) is 0 Å². The fourth-order valence-electron chi connectivity index (χ4n) is 3.90. The van der Waals surface area contributed by atoms with Gasteiger partial charge in [-0.25, -0.2) is 0 Å². The van der Waals surface area contributed by atoms with E-state index in [9.17, 15) is 0 Å². The second-order valence-corrected chi connectivity index (χ2v) is 6.95. The fourth-order valence-corrected chi connectivity index (χ4v) is 3.90. The Morgan fingerprint density at radius 2 is 1.67 bits per heavy atom. The lowest BCUT2D eigenvalue weighted by molar-refractivity contribution is 0.114. The summed E-state index contributed by atoms with van der Waals surface area (Å²) in [5.41, 5.74) is 0. The van der Waals surface area contributed by atoms with Crippen LogP contribution in [0.4, 0.5) is 0 Å². The van der Waals surface area contributed by atoms with Crippen molar-refractivity contribution in [2.45, 2.75) is 70.4 Å². The number of piperidine rings is 1. The van der Waals surface area contributed by atoms with Gasteiger partial charge in [-0.2, -0.15) is 0 Å². The van der Waals surface area contributed by atoms with Crippen LogP contribution in [-0.4, -0.2) is 36.6 Å². The van der Waals surface area contributed by atoms with Gasteiger partial charge in [0.1, 0.15) is 0 Å². The van der Waals surface area contributed by atoms with Crippen LogP contribution in [0.3, 0.4) is 0 Å². The van der Waals surface area contributed by atoms with Gasteiger partial charge in [0.2, 0.25) is 0 Å². The first-order chi connectivity index (χ1) is 8.83. The molecule has 1 aliphatic heterocycles. The molecule has 0 radical (unpaired) electrons. The molecule has 1 unspecified atom stereocenters. The van der Waals surface area contributed by atoms with Crippen LogP contribution >= 0.6 is 0 Å². The van der Waals surface area contributed by atoms with E-state index in [2.05, 4.69) is 17.1 Å². The van der Waals surface area contributed by atoms with Crippen molar-refractivity contribution in [2.75, 3.05) is 19.6 Å². The molecule has 3 fully saturated rings. The fraction of sp³-hybridized carbons (Fsp3) is 1.00. The zero-order chi connectivity index (χ0) is 12.4. The van der Waals surface area contributed by atoms with E-state index in [0.717, 1.165) is 23.9 Å². The van der Waals surface area contributed by atoms with Crippen molar-refractivity contribution in [1.29, 1.82) is 0 Å². The van der Waals surface area contributed by atoms with Crippen molar-refractivity contribution in [2.24, 2.45) is 11.8 Å². The standard InChI is InChI=1S/C16H30N2/c1-13(15-4-2-3-5-15)18-10-8-16(9-11-18)17-12-14-6-7-14/h13-17H,2-12H2,1H3. The topological polar surface area (TPSA) is 15.3 Å². The lowest BCUT2D eigenvalue weighted by atomic mass is 9.95. The molecule has 0 aromatic rings. The Kier molecular flexibility index (Phi) is 4.25. The van der Waals surface area contributed by atoms with Gasteiger partial charge in [0.25, 0.3) is 0 Å². The third-order valence-electron chi connectivity index (χ3n) is 5.58. The zero-order valence-electron chi connectivity index (χ0n) is 12.0. The summed E-state index contributed by atoms with van der Waals surface area (Å²) in [6.45, 7) is 6.44. The quantitative estimate of drug-likeness (QED) is 0.807. The Bertz CT molecular complexity index is 248. The van der Waals surface area contributed by atoms with Gasteiger partial charge in [0.05, 0.1) is 0 Å². The summed E-state index contributed by atoms with van der Waals surface area (Å²) in [7, 11) is 0. The Balaban J connectivity index is 1.38. The van der Waals surface area contributed by atoms with Crippen molar-refractivity contribution < 1.29 is 0 Å². The number of hydrogen-bond acceptors (Lipinski definition) is 2. The summed E-state index contributed by atoms with van der Waals surface area (Å²) in [5, 5.41) is 3.79. The molecule has 18 heavy (non-hydrogen) atoms. The van der Waals surface area contributed by atoms with E-state index in [4.69, 9.17) is 0 Å². The SMILES string of the molecule is CC(C1CCCC1)N1CCC(NCC2CC2)CC1. The summed E-state index contributed by atoms with van der Waals surface area (Å²) < 4.78 is 0. The van der Waals surface area contributed by atoms with Gasteiger partial charge in [-0.1, -0.05) is 12.8 Å². The van der Waals surface area contributed by atoms with E-state index in [1.165, 1.54) is 71.0 Å². The maximum atomic E-state index is 3.79. The Labute approximate surface area is 113 Å². The van der Waals surface area contributed by atoms with Crippen LogP contribution < -0.4 is 5.32 Å². The molecule has 0 spiro atoms. The first-order valence-electron chi connectivity index (χ1n) is 8.30. The highest BCUT2D eigenvalue weighted by molar-refractivity contribution is 4.86. The third-order valence-corrected chi connectivity index (χ3v) is 5.58. The largest absolute Gasteiger partial charge is 0.314 e. The molecule has 0 aromatic heterocycles. The molecule has 104 valence electrons. The molecular weight excluding hydrogens is 220 g/mol. The van der Waals surface area contributed by atoms with E-state index in [0.29, 0.717) is 0 Å². The minimum Gasteiger partial charge on any atom is -0.314 e. The van der Waals surface area contributed by atoms with Crippen LogP contribution in [0.2, 0.25) is 0 Å². The predicted molar refractivity (Wildman–Crippen MR) is 76.7 cm³/mol. The number of likely N-dealkylation sites (tertiary alicyclic amines) is 1. The number of rotatable bonds is 5. The molecule has 0 bridgehead atoms. The van der Waals surface area contributed by atoms with Crippen LogP contribution in [0.15, 0.2) is 0 Å². The van der Waals surface area contributed by atoms with Gasteiger partial charge in [-0.05, 0) is 76.9 Å². The highest BCUT2D eigenvalue weighted by Gasteiger charge is 2.30. The molecule has 2 saturated carbocycles. The van der Waals surface area contributed by atoms with Gasteiger partial charge in [-0.15, -0.1) is 0 Å². The van der Waals surface area contributed by atoms with E-state index in [-0.39, 0.29) is 0 Å². The molecule has 1 saturated heterocycles. The average molecular weight is 250 g/mol. The second kappa shape index (κ2) is 5.92. The maximum absolute atomic E-state index is 3.79. The molecular formula is C16H30N2. The third kappa shape index (κ3) is 3.27. The van der Waals surface area contributed by atoms with Crippen molar-refractivity contribution in [1.82, 2.24) is 10.2 Å². The molecule has 1 N–H and O–H groups in total. The molecule has 1 atom stereocenters. The van der Waals surface area contributed by atoms with Crippen molar-refractivity contribution >= 4 is 0 Å². The lowest BCUT2D eigenvalue weighted by Crippen LogP contribution is -2.47. The van der Waals surface area contributed by atoms with Crippen LogP contribution in [0.25, 0.3) is 0 Å². The molecule has 2 aliphatic carbocycles. The summed E-state index contributed by atoms with van der Waals surface area (Å²) in [4.78, 5) is 2.77. The molecule has 1 heterocycles. The summed E-state index contributed by atoms with van der Waals surface area (Å²) in [6.07, 6.45) is 11.6. The minimum atomic E-state index is 0.817. The summed E-state index contributed by atoms with van der Waals surface area (Å²) >= 11 is 0. The Morgan fingerprint density at radius 1 is 1.00 bits per heavy atom. The van der Waals surface area contributed by atoms with Gasteiger partial charge in [0, 0.05) is 12.1 Å². The molecule has 3 aliphatic rings. The van der Waals surface area contributed by atoms with E-state index >= 15 is 0 Å². The second-order valence-electron chi connectivity index (χ2n) is 6.95. The first-order valence-corrected chi connectivity index (χ1v) is 8.30. The summed E-state index contributed by atoms with van der Waals surface area (Å²) in [5.74, 6) is 2.03. The predicted octanol–water partition coefficient (Wildman–Crippen LogP) is 3.03. The number of nitrogens with zero attached hydrogens (tertiary/aromatic N) is 1. The Hall–Kier alpha value is -0.0800. The molecule has 3 rings (SSSR count). The highest BCUT2D eigenvalue weighted by atomic mass is 15.2. The molecule has 0 amide bonds. The van der Waals surface area contributed by atoms with Gasteiger partial charge in [0.15, 0.2) is 0 Å². The van der Waals surface area contributed by atoms with E-state index in [1.54, 1.807) is 0 Å². The van der Waals surface area contributed by atoms with Crippen LogP contribution in [0, 0.1) is 11.8 Å². The van der Waals surface area contributed by atoms with Crippen LogP contribution in [0.1, 0.15) is 58.3 Å². The normalized spacial score (nSPS) is 29.8. The van der Waals surface area contributed by atoms with Crippen LogP contribution in [-0.2, 0) is 0 Å². The maximum Gasteiger partial charge on any atom is 0.00952 e. The molecule has 2 nitrogen and oxygen atoms in total. The van der Waals surface area contributed by atoms with Crippen molar-refractivity contribution in [3.05, 3.63) is 0 Å². The van der Waals surface area contributed by atoms with Gasteiger partial charge in [-0.3, -0.25) is 0 Å². The number of nitrogens with one attached hydrogen (secondary N) is 1. The van der Waals surface area contributed by atoms with Crippen LogP contribution in [0.5, 0.6) is 0 Å². The van der Waals surface area contributed by atoms with Gasteiger partial charge >= 0.3 is 0 Å². The zero-order valence-corrected chi connectivity index (χ0v) is 12.0. The monoisotopic (exact) mass is 250 g/mol. The lowest BCUT2D eigenvalue weighted by Gasteiger charge is -2.39. The molecule has 0 aromatic carbocycles.